The van der Waals surface area contributed by atoms with Crippen LogP contribution in [0.25, 0.3) is 10.9 Å². The smallest absolute Gasteiger partial charge is 0.0853 e. The molecule has 0 bridgehead atoms. The van der Waals surface area contributed by atoms with Crippen molar-refractivity contribution in [2.75, 3.05) is 0 Å². The van der Waals surface area contributed by atoms with E-state index in [2.05, 4.69) is 24.9 Å². The lowest BCUT2D eigenvalue weighted by molar-refractivity contribution is 0.277. The number of aromatic nitrogens is 1. The first kappa shape index (κ1) is 9.16. The summed E-state index contributed by atoms with van der Waals surface area (Å²) in [4.78, 5) is 4.35. The van der Waals surface area contributed by atoms with Crippen LogP contribution in [0.15, 0.2) is 24.3 Å². The molecule has 0 atom stereocenters. The zero-order chi connectivity index (χ0) is 10.1. The molecule has 0 saturated heterocycles. The van der Waals surface area contributed by atoms with Crippen LogP contribution in [0.1, 0.15) is 16.8 Å². The highest BCUT2D eigenvalue weighted by atomic mass is 16.3. The minimum Gasteiger partial charge on any atom is -0.390 e. The Kier molecular flexibility index (Phi) is 2.22. The highest BCUT2D eigenvalue weighted by molar-refractivity contribution is 5.83. The lowest BCUT2D eigenvalue weighted by Gasteiger charge is -2.05. The topological polar surface area (TPSA) is 33.1 Å². The van der Waals surface area contributed by atoms with Gasteiger partial charge >= 0.3 is 0 Å². The third-order valence-electron chi connectivity index (χ3n) is 2.63. The van der Waals surface area contributed by atoms with Crippen molar-refractivity contribution in [3.05, 3.63) is 41.1 Å². The summed E-state index contributed by atoms with van der Waals surface area (Å²) in [6.45, 7) is 4.19. The van der Waals surface area contributed by atoms with Crippen molar-refractivity contribution in [1.29, 1.82) is 0 Å². The first-order valence-corrected chi connectivity index (χ1v) is 4.69. The molecule has 14 heavy (non-hydrogen) atoms. The van der Waals surface area contributed by atoms with Crippen LogP contribution in [0.4, 0.5) is 0 Å². The normalized spacial score (nSPS) is 10.8. The zero-order valence-corrected chi connectivity index (χ0v) is 8.41. The predicted molar refractivity (Wildman–Crippen MR) is 57.1 cm³/mol. The number of benzene rings is 1. The molecule has 72 valence electrons. The van der Waals surface area contributed by atoms with E-state index in [1.54, 1.807) is 0 Å². The number of hydrogen-bond acceptors (Lipinski definition) is 2. The Hall–Kier alpha value is -1.41. The number of aliphatic hydroxyl groups excluding tert-OH is 1. The van der Waals surface area contributed by atoms with Gasteiger partial charge in [-0.25, -0.2) is 0 Å². The van der Waals surface area contributed by atoms with E-state index in [4.69, 9.17) is 5.11 Å². The molecule has 0 aliphatic heterocycles. The number of fused-ring (bicyclic) bond motifs is 1. The maximum absolute atomic E-state index is 8.96. The summed E-state index contributed by atoms with van der Waals surface area (Å²) >= 11 is 0. The van der Waals surface area contributed by atoms with E-state index in [9.17, 15) is 0 Å². The van der Waals surface area contributed by atoms with E-state index in [1.807, 2.05) is 18.2 Å². The van der Waals surface area contributed by atoms with Crippen molar-refractivity contribution in [1.82, 2.24) is 4.98 Å². The SMILES string of the molecule is Cc1ccc2nc(CO)ccc2c1C. The molecule has 1 heterocycles. The number of rotatable bonds is 1. The zero-order valence-electron chi connectivity index (χ0n) is 8.41. The first-order valence-electron chi connectivity index (χ1n) is 4.69. The first-order chi connectivity index (χ1) is 6.72. The Morgan fingerprint density at radius 1 is 1.14 bits per heavy atom. The van der Waals surface area contributed by atoms with Crippen LogP contribution in [0.5, 0.6) is 0 Å². The van der Waals surface area contributed by atoms with Gasteiger partial charge in [0.1, 0.15) is 0 Å². The molecule has 2 heteroatoms. The fourth-order valence-corrected chi connectivity index (χ4v) is 1.59. The van der Waals surface area contributed by atoms with E-state index >= 15 is 0 Å². The minimum absolute atomic E-state index is 0.00284. The number of aliphatic hydroxyl groups is 1. The Morgan fingerprint density at radius 3 is 2.64 bits per heavy atom. The monoisotopic (exact) mass is 187 g/mol. The predicted octanol–water partition coefficient (Wildman–Crippen LogP) is 2.34. The molecular weight excluding hydrogens is 174 g/mol. The second-order valence-corrected chi connectivity index (χ2v) is 3.53. The molecule has 2 rings (SSSR count). The molecule has 0 fully saturated rings. The van der Waals surface area contributed by atoms with Crippen LogP contribution in [0, 0.1) is 13.8 Å². The molecule has 2 nitrogen and oxygen atoms in total. The Balaban J connectivity index is 2.74. The van der Waals surface area contributed by atoms with Gasteiger partial charge in [-0.1, -0.05) is 12.1 Å². The van der Waals surface area contributed by atoms with Crippen molar-refractivity contribution < 1.29 is 5.11 Å². The van der Waals surface area contributed by atoms with Crippen LogP contribution in [-0.2, 0) is 6.61 Å². The fraction of sp³-hybridized carbons (Fsp3) is 0.250. The average Bonchev–Trinajstić information content (AvgIpc) is 2.23. The van der Waals surface area contributed by atoms with Crippen LogP contribution < -0.4 is 0 Å². The summed E-state index contributed by atoms with van der Waals surface area (Å²) in [5.74, 6) is 0. The van der Waals surface area contributed by atoms with Gasteiger partial charge in [-0.2, -0.15) is 0 Å². The maximum atomic E-state index is 8.96. The van der Waals surface area contributed by atoms with Gasteiger partial charge in [-0.15, -0.1) is 0 Å². The van der Waals surface area contributed by atoms with Gasteiger partial charge in [0.2, 0.25) is 0 Å². The van der Waals surface area contributed by atoms with E-state index < -0.39 is 0 Å². The van der Waals surface area contributed by atoms with E-state index in [0.717, 1.165) is 11.2 Å². The highest BCUT2D eigenvalue weighted by Gasteiger charge is 2.01. The van der Waals surface area contributed by atoms with Gasteiger partial charge in [-0.3, -0.25) is 4.98 Å². The van der Waals surface area contributed by atoms with Crippen molar-refractivity contribution in [2.24, 2.45) is 0 Å². The van der Waals surface area contributed by atoms with Crippen molar-refractivity contribution in [3.63, 3.8) is 0 Å². The Morgan fingerprint density at radius 2 is 1.93 bits per heavy atom. The Bertz CT molecular complexity index is 477. The molecule has 0 aliphatic rings. The summed E-state index contributed by atoms with van der Waals surface area (Å²) in [5.41, 5.74) is 4.22. The van der Waals surface area contributed by atoms with E-state index in [1.165, 1.54) is 16.5 Å². The Labute approximate surface area is 83.2 Å². The molecular formula is C12H13NO. The number of pyridine rings is 1. The third-order valence-corrected chi connectivity index (χ3v) is 2.63. The maximum Gasteiger partial charge on any atom is 0.0853 e. The molecule has 1 N–H and O–H groups in total. The van der Waals surface area contributed by atoms with Crippen LogP contribution in [0.3, 0.4) is 0 Å². The van der Waals surface area contributed by atoms with Gasteiger partial charge < -0.3 is 5.11 Å². The summed E-state index contributed by atoms with van der Waals surface area (Å²) in [6, 6.07) is 7.95. The summed E-state index contributed by atoms with van der Waals surface area (Å²) in [7, 11) is 0. The molecule has 0 unspecified atom stereocenters. The van der Waals surface area contributed by atoms with Crippen LogP contribution in [-0.4, -0.2) is 10.1 Å². The van der Waals surface area contributed by atoms with Crippen molar-refractivity contribution >= 4 is 10.9 Å². The molecule has 0 amide bonds. The summed E-state index contributed by atoms with van der Waals surface area (Å²) < 4.78 is 0. The quantitative estimate of drug-likeness (QED) is 0.743. The van der Waals surface area contributed by atoms with Gasteiger partial charge in [0.15, 0.2) is 0 Å². The van der Waals surface area contributed by atoms with Crippen molar-refractivity contribution in [2.45, 2.75) is 20.5 Å². The molecule has 0 radical (unpaired) electrons. The highest BCUT2D eigenvalue weighted by Crippen LogP contribution is 2.20. The van der Waals surface area contributed by atoms with Gasteiger partial charge in [-0.05, 0) is 37.1 Å². The lowest BCUT2D eigenvalue weighted by atomic mass is 10.0. The molecule has 0 saturated carbocycles. The number of aryl methyl sites for hydroxylation is 2. The van der Waals surface area contributed by atoms with Crippen LogP contribution in [0.2, 0.25) is 0 Å². The number of hydrogen-bond donors (Lipinski definition) is 1. The summed E-state index contributed by atoms with van der Waals surface area (Å²) in [5, 5.41) is 10.1. The average molecular weight is 187 g/mol. The van der Waals surface area contributed by atoms with Gasteiger partial charge in [0, 0.05) is 5.39 Å². The standard InChI is InChI=1S/C12H13NO/c1-8-3-6-12-11(9(8)2)5-4-10(7-14)13-12/h3-6,14H,7H2,1-2H3. The third kappa shape index (κ3) is 1.38. The second kappa shape index (κ2) is 3.39. The van der Waals surface area contributed by atoms with Gasteiger partial charge in [0.05, 0.1) is 17.8 Å². The van der Waals surface area contributed by atoms with Crippen LogP contribution >= 0.6 is 0 Å². The lowest BCUT2D eigenvalue weighted by Crippen LogP contribution is -1.91. The molecule has 0 spiro atoms. The molecule has 0 aliphatic carbocycles. The van der Waals surface area contributed by atoms with E-state index in [-0.39, 0.29) is 6.61 Å². The van der Waals surface area contributed by atoms with Crippen molar-refractivity contribution in [3.8, 4) is 0 Å². The molecule has 2 aromatic rings. The minimum atomic E-state index is 0.00284. The fourth-order valence-electron chi connectivity index (χ4n) is 1.59. The van der Waals surface area contributed by atoms with E-state index in [0.29, 0.717) is 0 Å². The van der Waals surface area contributed by atoms with Gasteiger partial charge in [0.25, 0.3) is 0 Å². The second-order valence-electron chi connectivity index (χ2n) is 3.53. The summed E-state index contributed by atoms with van der Waals surface area (Å²) in [6.07, 6.45) is 0. The molecule has 1 aromatic heterocycles. The number of nitrogens with zero attached hydrogens (tertiary/aromatic N) is 1. The largest absolute Gasteiger partial charge is 0.390 e. The molecule has 1 aromatic carbocycles.